The average Bonchev–Trinajstić information content (AvgIpc) is 3.21. The van der Waals surface area contributed by atoms with Gasteiger partial charge in [0.2, 0.25) is 0 Å². The number of aromatic amines is 1. The second kappa shape index (κ2) is 7.31. The third kappa shape index (κ3) is 4.02. The molecular formula is C17H18ClN5O. The van der Waals surface area contributed by atoms with Gasteiger partial charge in [-0.05, 0) is 37.6 Å². The smallest absolute Gasteiger partial charge is 0.269 e. The van der Waals surface area contributed by atoms with Crippen LogP contribution in [-0.4, -0.2) is 32.4 Å². The molecule has 1 aromatic carbocycles. The minimum Gasteiger partial charge on any atom is -0.351 e. The van der Waals surface area contributed by atoms with Gasteiger partial charge in [0.15, 0.2) is 0 Å². The van der Waals surface area contributed by atoms with Crippen LogP contribution >= 0.6 is 11.6 Å². The lowest BCUT2D eigenvalue weighted by Crippen LogP contribution is -2.25. The first-order valence-corrected chi connectivity index (χ1v) is 8.09. The highest BCUT2D eigenvalue weighted by atomic mass is 35.5. The Balaban J connectivity index is 1.51. The molecule has 2 N–H and O–H groups in total. The summed E-state index contributed by atoms with van der Waals surface area (Å²) in [5.74, 6) is -0.167. The number of rotatable bonds is 6. The van der Waals surface area contributed by atoms with Crippen molar-refractivity contribution in [1.82, 2.24) is 25.3 Å². The number of aromatic nitrogens is 4. The number of nitrogens with one attached hydrogen (secondary N) is 2. The molecule has 3 aromatic rings. The Kier molecular flexibility index (Phi) is 4.96. The average molecular weight is 344 g/mol. The monoisotopic (exact) mass is 343 g/mol. The van der Waals surface area contributed by atoms with E-state index in [1.165, 1.54) is 0 Å². The summed E-state index contributed by atoms with van der Waals surface area (Å²) in [7, 11) is 0. The number of benzene rings is 1. The van der Waals surface area contributed by atoms with Crippen LogP contribution in [0.1, 0.15) is 22.6 Å². The molecule has 3 rings (SSSR count). The number of carbonyl (C=O) groups is 1. The predicted octanol–water partition coefficient (Wildman–Crippen LogP) is 3.06. The maximum Gasteiger partial charge on any atom is 0.269 e. The number of H-pyrrole nitrogens is 1. The molecule has 0 aliphatic heterocycles. The van der Waals surface area contributed by atoms with Crippen molar-refractivity contribution in [2.24, 2.45) is 0 Å². The lowest BCUT2D eigenvalue weighted by atomic mass is 10.1. The molecule has 2 heterocycles. The summed E-state index contributed by atoms with van der Waals surface area (Å²) in [5.41, 5.74) is 3.05. The summed E-state index contributed by atoms with van der Waals surface area (Å²) in [5, 5.41) is 14.8. The molecule has 0 saturated heterocycles. The zero-order valence-corrected chi connectivity index (χ0v) is 14.0. The Bertz CT molecular complexity index is 822. The number of halogens is 1. The van der Waals surface area contributed by atoms with Crippen molar-refractivity contribution in [3.63, 3.8) is 0 Å². The van der Waals surface area contributed by atoms with Gasteiger partial charge in [-0.3, -0.25) is 14.6 Å². The molecule has 0 saturated carbocycles. The Morgan fingerprint density at radius 1 is 1.29 bits per heavy atom. The second-order valence-corrected chi connectivity index (χ2v) is 5.94. The van der Waals surface area contributed by atoms with E-state index in [2.05, 4.69) is 20.6 Å². The first-order chi connectivity index (χ1) is 11.6. The van der Waals surface area contributed by atoms with E-state index in [4.69, 9.17) is 11.6 Å². The minimum atomic E-state index is -0.167. The van der Waals surface area contributed by atoms with Gasteiger partial charge in [-0.25, -0.2) is 0 Å². The van der Waals surface area contributed by atoms with Gasteiger partial charge in [0.1, 0.15) is 5.69 Å². The van der Waals surface area contributed by atoms with Gasteiger partial charge in [0.25, 0.3) is 5.91 Å². The maximum absolute atomic E-state index is 12.1. The molecule has 0 unspecified atom stereocenters. The topological polar surface area (TPSA) is 75.6 Å². The molecule has 0 radical (unpaired) electrons. The van der Waals surface area contributed by atoms with Gasteiger partial charge in [-0.15, -0.1) is 0 Å². The summed E-state index contributed by atoms with van der Waals surface area (Å²) < 4.78 is 1.87. The van der Waals surface area contributed by atoms with Crippen molar-refractivity contribution in [1.29, 1.82) is 0 Å². The molecule has 7 heteroatoms. The zero-order chi connectivity index (χ0) is 16.9. The van der Waals surface area contributed by atoms with Crippen LogP contribution in [0, 0.1) is 6.92 Å². The van der Waals surface area contributed by atoms with E-state index in [-0.39, 0.29) is 5.91 Å². The molecule has 0 spiro atoms. The van der Waals surface area contributed by atoms with E-state index in [0.717, 1.165) is 24.2 Å². The number of amides is 1. The van der Waals surface area contributed by atoms with Crippen LogP contribution in [0.3, 0.4) is 0 Å². The molecule has 0 atom stereocenters. The second-order valence-electron chi connectivity index (χ2n) is 5.50. The predicted molar refractivity (Wildman–Crippen MR) is 92.9 cm³/mol. The van der Waals surface area contributed by atoms with Gasteiger partial charge >= 0.3 is 0 Å². The van der Waals surface area contributed by atoms with Crippen molar-refractivity contribution < 1.29 is 4.79 Å². The van der Waals surface area contributed by atoms with E-state index >= 15 is 0 Å². The summed E-state index contributed by atoms with van der Waals surface area (Å²) in [6.07, 6.45) is 2.75. The number of aryl methyl sites for hydroxylation is 2. The van der Waals surface area contributed by atoms with Crippen molar-refractivity contribution in [3.8, 4) is 11.3 Å². The van der Waals surface area contributed by atoms with E-state index in [9.17, 15) is 4.79 Å². The summed E-state index contributed by atoms with van der Waals surface area (Å²) in [6.45, 7) is 3.30. The van der Waals surface area contributed by atoms with Gasteiger partial charge in [0.05, 0.1) is 11.4 Å². The highest BCUT2D eigenvalue weighted by molar-refractivity contribution is 6.30. The Morgan fingerprint density at radius 3 is 2.79 bits per heavy atom. The lowest BCUT2D eigenvalue weighted by molar-refractivity contribution is 0.0947. The van der Waals surface area contributed by atoms with Crippen LogP contribution in [0.15, 0.2) is 42.6 Å². The van der Waals surface area contributed by atoms with E-state index in [0.29, 0.717) is 23.0 Å². The highest BCUT2D eigenvalue weighted by Gasteiger charge is 2.10. The Hall–Kier alpha value is -2.60. The fourth-order valence-electron chi connectivity index (χ4n) is 2.33. The number of nitrogens with zero attached hydrogens (tertiary/aromatic N) is 3. The molecule has 124 valence electrons. The fraction of sp³-hybridized carbons (Fsp3) is 0.235. The first kappa shape index (κ1) is 16.3. The summed E-state index contributed by atoms with van der Waals surface area (Å²) in [6, 6.07) is 11.0. The third-order valence-electron chi connectivity index (χ3n) is 3.59. The molecule has 0 bridgehead atoms. The largest absolute Gasteiger partial charge is 0.351 e. The van der Waals surface area contributed by atoms with Crippen LogP contribution in [-0.2, 0) is 6.54 Å². The Morgan fingerprint density at radius 2 is 2.08 bits per heavy atom. The van der Waals surface area contributed by atoms with Gasteiger partial charge in [-0.1, -0.05) is 23.7 Å². The molecule has 0 fully saturated rings. The number of hydrogen-bond donors (Lipinski definition) is 2. The molecule has 0 aliphatic rings. The van der Waals surface area contributed by atoms with Gasteiger partial charge in [-0.2, -0.15) is 10.2 Å². The zero-order valence-electron chi connectivity index (χ0n) is 13.3. The van der Waals surface area contributed by atoms with Gasteiger partial charge < -0.3 is 5.32 Å². The molecule has 24 heavy (non-hydrogen) atoms. The lowest BCUT2D eigenvalue weighted by Gasteiger charge is -2.03. The van der Waals surface area contributed by atoms with E-state index in [1.54, 1.807) is 18.2 Å². The molecule has 6 nitrogen and oxygen atoms in total. The Labute approximate surface area is 144 Å². The standard InChI is InChI=1S/C17H18ClN5O/c1-12-7-10-23(22-12)9-2-8-19-17(24)16-11-15(20-21-16)13-3-5-14(18)6-4-13/h3-7,10-11H,2,8-9H2,1H3,(H,19,24)(H,20,21). The van der Waals surface area contributed by atoms with Crippen LogP contribution in [0.5, 0.6) is 0 Å². The summed E-state index contributed by atoms with van der Waals surface area (Å²) in [4.78, 5) is 12.1. The van der Waals surface area contributed by atoms with E-state index < -0.39 is 0 Å². The number of hydrogen-bond acceptors (Lipinski definition) is 3. The SMILES string of the molecule is Cc1ccn(CCCNC(=O)c2cc(-c3ccc(Cl)cc3)n[nH]2)n1. The van der Waals surface area contributed by atoms with E-state index in [1.807, 2.05) is 36.0 Å². The molecule has 2 aromatic heterocycles. The van der Waals surface area contributed by atoms with Crippen molar-refractivity contribution >= 4 is 17.5 Å². The molecule has 1 amide bonds. The van der Waals surface area contributed by atoms with Crippen molar-refractivity contribution in [2.75, 3.05) is 6.54 Å². The highest BCUT2D eigenvalue weighted by Crippen LogP contribution is 2.20. The quantitative estimate of drug-likeness (QED) is 0.675. The van der Waals surface area contributed by atoms with Crippen LogP contribution in [0.2, 0.25) is 5.02 Å². The summed E-state index contributed by atoms with van der Waals surface area (Å²) >= 11 is 5.87. The minimum absolute atomic E-state index is 0.167. The van der Waals surface area contributed by atoms with Crippen LogP contribution in [0.25, 0.3) is 11.3 Å². The van der Waals surface area contributed by atoms with Crippen molar-refractivity contribution in [2.45, 2.75) is 19.9 Å². The molecule has 0 aliphatic carbocycles. The van der Waals surface area contributed by atoms with Crippen molar-refractivity contribution in [3.05, 3.63) is 59.0 Å². The van der Waals surface area contributed by atoms with Crippen LogP contribution < -0.4 is 5.32 Å². The normalized spacial score (nSPS) is 10.8. The maximum atomic E-state index is 12.1. The fourth-order valence-corrected chi connectivity index (χ4v) is 2.46. The number of carbonyl (C=O) groups excluding carboxylic acids is 1. The van der Waals surface area contributed by atoms with Crippen LogP contribution in [0.4, 0.5) is 0 Å². The van der Waals surface area contributed by atoms with Gasteiger partial charge in [0, 0.05) is 29.9 Å². The third-order valence-corrected chi connectivity index (χ3v) is 3.84. The molecular weight excluding hydrogens is 326 g/mol. The first-order valence-electron chi connectivity index (χ1n) is 7.71.